The van der Waals surface area contributed by atoms with Crippen molar-refractivity contribution in [2.75, 3.05) is 0 Å². The molecule has 0 aliphatic carbocycles. The molecule has 0 amide bonds. The van der Waals surface area contributed by atoms with Crippen molar-refractivity contribution in [3.8, 4) is 11.5 Å². The lowest BCUT2D eigenvalue weighted by Gasteiger charge is -1.97. The molecule has 0 saturated heterocycles. The number of oxazole rings is 1. The van der Waals surface area contributed by atoms with Gasteiger partial charge in [0.2, 0.25) is 5.89 Å². The third kappa shape index (κ3) is 2.00. The number of hydrogen-bond donors (Lipinski definition) is 1. The molecule has 0 fully saturated rings. The summed E-state index contributed by atoms with van der Waals surface area (Å²) in [4.78, 5) is 4.10. The van der Waals surface area contributed by atoms with Crippen LogP contribution < -0.4 is 5.73 Å². The zero-order chi connectivity index (χ0) is 10.8. The van der Waals surface area contributed by atoms with E-state index in [9.17, 15) is 4.39 Å². The second-order valence-corrected chi connectivity index (χ2v) is 3.38. The molecule has 2 rings (SSSR count). The largest absolute Gasteiger partial charge is 0.444 e. The van der Waals surface area contributed by atoms with Crippen LogP contribution in [0, 0.1) is 5.82 Å². The van der Waals surface area contributed by atoms with Crippen molar-refractivity contribution >= 4 is 11.6 Å². The van der Waals surface area contributed by atoms with Crippen molar-refractivity contribution in [2.24, 2.45) is 5.73 Å². The standard InChI is InChI=1S/C10H8ClFN2O/c11-8-3-6(1-2-9(8)12)10-14-7(4-13)5-15-10/h1-3,5H,4,13H2. The van der Waals surface area contributed by atoms with E-state index >= 15 is 0 Å². The highest BCUT2D eigenvalue weighted by Crippen LogP contribution is 2.24. The van der Waals surface area contributed by atoms with E-state index in [1.54, 1.807) is 6.07 Å². The van der Waals surface area contributed by atoms with Gasteiger partial charge in [-0.05, 0) is 18.2 Å². The maximum atomic E-state index is 12.9. The maximum Gasteiger partial charge on any atom is 0.226 e. The fraction of sp³-hybridized carbons (Fsp3) is 0.100. The molecule has 2 N–H and O–H groups in total. The second kappa shape index (κ2) is 4.00. The van der Waals surface area contributed by atoms with Gasteiger partial charge >= 0.3 is 0 Å². The van der Waals surface area contributed by atoms with Crippen LogP contribution >= 0.6 is 11.6 Å². The zero-order valence-electron chi connectivity index (χ0n) is 7.71. The van der Waals surface area contributed by atoms with E-state index in [1.165, 1.54) is 18.4 Å². The fourth-order valence-corrected chi connectivity index (χ4v) is 1.34. The van der Waals surface area contributed by atoms with E-state index in [1.807, 2.05) is 0 Å². The van der Waals surface area contributed by atoms with Gasteiger partial charge in [0.25, 0.3) is 0 Å². The van der Waals surface area contributed by atoms with Crippen LogP contribution in [-0.4, -0.2) is 4.98 Å². The van der Waals surface area contributed by atoms with Crippen molar-refractivity contribution < 1.29 is 8.81 Å². The summed E-state index contributed by atoms with van der Waals surface area (Å²) in [5.74, 6) is -0.0802. The first-order valence-corrected chi connectivity index (χ1v) is 4.68. The Kier molecular flexibility index (Phi) is 2.70. The Morgan fingerprint density at radius 3 is 2.87 bits per heavy atom. The van der Waals surface area contributed by atoms with Gasteiger partial charge in [0.15, 0.2) is 0 Å². The molecule has 2 aromatic rings. The van der Waals surface area contributed by atoms with Gasteiger partial charge in [0, 0.05) is 12.1 Å². The Morgan fingerprint density at radius 2 is 2.27 bits per heavy atom. The third-order valence-corrected chi connectivity index (χ3v) is 2.22. The predicted octanol–water partition coefficient (Wildman–Crippen LogP) is 2.59. The van der Waals surface area contributed by atoms with E-state index < -0.39 is 5.82 Å². The van der Waals surface area contributed by atoms with Gasteiger partial charge in [-0.2, -0.15) is 0 Å². The molecule has 0 spiro atoms. The molecule has 0 aliphatic heterocycles. The Balaban J connectivity index is 2.40. The molecule has 0 radical (unpaired) electrons. The van der Waals surface area contributed by atoms with Crippen molar-refractivity contribution in [2.45, 2.75) is 6.54 Å². The molecule has 1 aromatic carbocycles. The lowest BCUT2D eigenvalue weighted by Crippen LogP contribution is -1.95. The van der Waals surface area contributed by atoms with Crippen molar-refractivity contribution in [3.05, 3.63) is 41.0 Å². The summed E-state index contributed by atoms with van der Waals surface area (Å²) >= 11 is 5.64. The highest BCUT2D eigenvalue weighted by molar-refractivity contribution is 6.31. The van der Waals surface area contributed by atoms with Crippen LogP contribution in [0.25, 0.3) is 11.5 Å². The lowest BCUT2D eigenvalue weighted by atomic mass is 10.2. The Morgan fingerprint density at radius 1 is 1.47 bits per heavy atom. The average molecular weight is 227 g/mol. The van der Waals surface area contributed by atoms with Crippen LogP contribution in [0.5, 0.6) is 0 Å². The number of nitrogens with two attached hydrogens (primary N) is 1. The quantitative estimate of drug-likeness (QED) is 0.856. The summed E-state index contributed by atoms with van der Waals surface area (Å²) in [5.41, 5.74) is 6.66. The first-order chi connectivity index (χ1) is 7.20. The lowest BCUT2D eigenvalue weighted by molar-refractivity contribution is 0.572. The number of aromatic nitrogens is 1. The molecule has 0 saturated carbocycles. The first kappa shape index (κ1) is 10.1. The molecule has 0 bridgehead atoms. The summed E-state index contributed by atoms with van der Waals surface area (Å²) in [7, 11) is 0. The minimum Gasteiger partial charge on any atom is -0.444 e. The Bertz CT molecular complexity index is 484. The summed E-state index contributed by atoms with van der Waals surface area (Å²) in [6.07, 6.45) is 1.46. The summed E-state index contributed by atoms with van der Waals surface area (Å²) in [6, 6.07) is 4.28. The topological polar surface area (TPSA) is 52.0 Å². The Labute approximate surface area is 90.7 Å². The maximum absolute atomic E-state index is 12.9. The zero-order valence-corrected chi connectivity index (χ0v) is 8.46. The second-order valence-electron chi connectivity index (χ2n) is 2.98. The van der Waals surface area contributed by atoms with Crippen LogP contribution in [0.2, 0.25) is 5.02 Å². The molecular formula is C10H8ClFN2O. The van der Waals surface area contributed by atoms with Gasteiger partial charge in [-0.15, -0.1) is 0 Å². The SMILES string of the molecule is NCc1coc(-c2ccc(F)c(Cl)c2)n1. The first-order valence-electron chi connectivity index (χ1n) is 4.30. The third-order valence-electron chi connectivity index (χ3n) is 1.93. The molecule has 1 heterocycles. The molecule has 0 unspecified atom stereocenters. The number of halogens is 2. The van der Waals surface area contributed by atoms with Gasteiger partial charge < -0.3 is 10.2 Å². The van der Waals surface area contributed by atoms with E-state index in [0.717, 1.165) is 0 Å². The number of benzene rings is 1. The van der Waals surface area contributed by atoms with Gasteiger partial charge in [-0.25, -0.2) is 9.37 Å². The smallest absolute Gasteiger partial charge is 0.226 e. The van der Waals surface area contributed by atoms with Crippen LogP contribution in [0.4, 0.5) is 4.39 Å². The molecule has 0 atom stereocenters. The summed E-state index contributed by atoms with van der Waals surface area (Å²) in [6.45, 7) is 0.304. The van der Waals surface area contributed by atoms with E-state index in [0.29, 0.717) is 23.7 Å². The van der Waals surface area contributed by atoms with Crippen LogP contribution in [-0.2, 0) is 6.54 Å². The molecule has 0 aliphatic rings. The molecule has 1 aromatic heterocycles. The van der Waals surface area contributed by atoms with Crippen molar-refractivity contribution in [1.29, 1.82) is 0 Å². The molecule has 78 valence electrons. The number of hydrogen-bond acceptors (Lipinski definition) is 3. The highest BCUT2D eigenvalue weighted by atomic mass is 35.5. The predicted molar refractivity (Wildman–Crippen MR) is 54.8 cm³/mol. The van der Waals surface area contributed by atoms with Gasteiger partial charge in [0.1, 0.15) is 12.1 Å². The summed E-state index contributed by atoms with van der Waals surface area (Å²) in [5, 5.41) is 0.0417. The minimum atomic E-state index is -0.467. The van der Waals surface area contributed by atoms with Gasteiger partial charge in [-0.1, -0.05) is 11.6 Å². The van der Waals surface area contributed by atoms with E-state index in [-0.39, 0.29) is 5.02 Å². The van der Waals surface area contributed by atoms with Gasteiger partial charge in [0.05, 0.1) is 10.7 Å². The Hall–Kier alpha value is -1.39. The van der Waals surface area contributed by atoms with E-state index in [2.05, 4.69) is 4.98 Å². The van der Waals surface area contributed by atoms with Crippen LogP contribution in [0.3, 0.4) is 0 Å². The normalized spacial score (nSPS) is 10.6. The number of rotatable bonds is 2. The van der Waals surface area contributed by atoms with E-state index in [4.69, 9.17) is 21.8 Å². The molecule has 15 heavy (non-hydrogen) atoms. The number of nitrogens with zero attached hydrogens (tertiary/aromatic N) is 1. The van der Waals surface area contributed by atoms with Crippen LogP contribution in [0.1, 0.15) is 5.69 Å². The minimum absolute atomic E-state index is 0.0417. The molecular weight excluding hydrogens is 219 g/mol. The fourth-order valence-electron chi connectivity index (χ4n) is 1.16. The van der Waals surface area contributed by atoms with Crippen LogP contribution in [0.15, 0.2) is 28.9 Å². The average Bonchev–Trinajstić information content (AvgIpc) is 2.70. The monoisotopic (exact) mass is 226 g/mol. The highest BCUT2D eigenvalue weighted by Gasteiger charge is 2.08. The van der Waals surface area contributed by atoms with Crippen molar-refractivity contribution in [3.63, 3.8) is 0 Å². The molecule has 3 nitrogen and oxygen atoms in total. The van der Waals surface area contributed by atoms with Crippen molar-refractivity contribution in [1.82, 2.24) is 4.98 Å². The summed E-state index contributed by atoms with van der Waals surface area (Å²) < 4.78 is 18.0. The van der Waals surface area contributed by atoms with Gasteiger partial charge in [-0.3, -0.25) is 0 Å². The molecule has 5 heteroatoms.